The first kappa shape index (κ1) is 11.1. The lowest BCUT2D eigenvalue weighted by Crippen LogP contribution is -2.24. The number of aliphatic carboxylic acids is 1. The first-order chi connectivity index (χ1) is 5.37. The van der Waals surface area contributed by atoms with Gasteiger partial charge in [0.05, 0.1) is 13.0 Å². The highest BCUT2D eigenvalue weighted by molar-refractivity contribution is 5.81. The van der Waals surface area contributed by atoms with E-state index in [0.29, 0.717) is 0 Å². The molecule has 0 saturated carbocycles. The molecule has 0 bridgehead atoms. The highest BCUT2D eigenvalue weighted by Gasteiger charge is 2.24. The lowest BCUT2D eigenvalue weighted by molar-refractivity contribution is -0.139. The van der Waals surface area contributed by atoms with Crippen LogP contribution in [0, 0.1) is 5.41 Å². The van der Waals surface area contributed by atoms with Crippen molar-refractivity contribution >= 4 is 11.8 Å². The summed E-state index contributed by atoms with van der Waals surface area (Å²) in [6, 6.07) is 0. The summed E-state index contributed by atoms with van der Waals surface area (Å²) in [6.45, 7) is 3.48. The zero-order valence-corrected chi connectivity index (χ0v) is 7.46. The summed E-state index contributed by atoms with van der Waals surface area (Å²) in [6.07, 6.45) is 0.231. The molecule has 0 heterocycles. The molecule has 0 unspecified atom stereocenters. The first-order valence-electron chi connectivity index (χ1n) is 3.81. The number of carbonyl (C=O) groups excluding carboxylic acids is 1. The van der Waals surface area contributed by atoms with E-state index >= 15 is 0 Å². The van der Waals surface area contributed by atoms with E-state index in [0.717, 1.165) is 0 Å². The molecule has 4 nitrogen and oxygen atoms in total. The summed E-state index contributed by atoms with van der Waals surface area (Å²) < 4.78 is 0. The van der Waals surface area contributed by atoms with Gasteiger partial charge in [0.15, 0.2) is 0 Å². The van der Waals surface area contributed by atoms with Crippen molar-refractivity contribution in [1.82, 2.24) is 0 Å². The molecular formula is C8H15NO3. The Morgan fingerprint density at radius 3 is 2.17 bits per heavy atom. The van der Waals surface area contributed by atoms with Gasteiger partial charge in [-0.3, -0.25) is 9.59 Å². The van der Waals surface area contributed by atoms with Crippen molar-refractivity contribution in [3.05, 3.63) is 0 Å². The number of carboxylic acid groups (broad SMARTS) is 1. The van der Waals surface area contributed by atoms with E-state index in [4.69, 9.17) is 10.8 Å². The number of hydrogen-bond donors (Lipinski definition) is 2. The topological polar surface area (TPSA) is 80.4 Å². The second kappa shape index (κ2) is 4.21. The normalized spacial score (nSPS) is 11.2. The molecule has 0 aromatic carbocycles. The Morgan fingerprint density at radius 1 is 1.33 bits per heavy atom. The lowest BCUT2D eigenvalue weighted by Gasteiger charge is -2.20. The van der Waals surface area contributed by atoms with Gasteiger partial charge in [-0.15, -0.1) is 0 Å². The van der Waals surface area contributed by atoms with Gasteiger partial charge in [0.25, 0.3) is 0 Å². The zero-order chi connectivity index (χ0) is 9.78. The van der Waals surface area contributed by atoms with Crippen LogP contribution in [0.4, 0.5) is 0 Å². The average Bonchev–Trinajstić information content (AvgIpc) is 1.83. The van der Waals surface area contributed by atoms with E-state index in [2.05, 4.69) is 0 Å². The van der Waals surface area contributed by atoms with Gasteiger partial charge in [0.2, 0.25) is 0 Å². The predicted molar refractivity (Wildman–Crippen MR) is 44.7 cm³/mol. The largest absolute Gasteiger partial charge is 0.481 e. The van der Waals surface area contributed by atoms with E-state index in [-0.39, 0.29) is 25.2 Å². The molecule has 0 spiro atoms. The molecule has 0 aliphatic heterocycles. The fraction of sp³-hybridized carbons (Fsp3) is 0.750. The molecule has 0 amide bonds. The minimum absolute atomic E-state index is 0.00125. The van der Waals surface area contributed by atoms with Gasteiger partial charge in [0.1, 0.15) is 5.78 Å². The second-order valence-electron chi connectivity index (χ2n) is 3.65. The highest BCUT2D eigenvalue weighted by atomic mass is 16.4. The van der Waals surface area contributed by atoms with Crippen LogP contribution in [0.3, 0.4) is 0 Å². The van der Waals surface area contributed by atoms with Gasteiger partial charge in [-0.2, -0.15) is 0 Å². The minimum atomic E-state index is -0.884. The monoisotopic (exact) mass is 173 g/mol. The number of rotatable bonds is 5. The van der Waals surface area contributed by atoms with Crippen LogP contribution in [-0.4, -0.2) is 23.4 Å². The number of carbonyl (C=O) groups is 2. The molecule has 4 heteroatoms. The Morgan fingerprint density at radius 2 is 1.83 bits per heavy atom. The van der Waals surface area contributed by atoms with Crippen LogP contribution in [-0.2, 0) is 9.59 Å². The molecule has 0 atom stereocenters. The Hall–Kier alpha value is -0.900. The van der Waals surface area contributed by atoms with Crippen LogP contribution in [0.1, 0.15) is 26.7 Å². The number of ketones is 1. The summed E-state index contributed by atoms with van der Waals surface area (Å²) >= 11 is 0. The lowest BCUT2D eigenvalue weighted by atomic mass is 9.84. The van der Waals surface area contributed by atoms with Crippen LogP contribution in [0.2, 0.25) is 0 Å². The first-order valence-corrected chi connectivity index (χ1v) is 3.81. The SMILES string of the molecule is CC(C)(CC(=O)O)CC(=O)CN. The molecular weight excluding hydrogens is 158 g/mol. The maximum atomic E-state index is 10.9. The van der Waals surface area contributed by atoms with Crippen LogP contribution in [0.25, 0.3) is 0 Å². The molecule has 0 aliphatic rings. The number of carboxylic acids is 1. The van der Waals surface area contributed by atoms with Crippen molar-refractivity contribution < 1.29 is 14.7 Å². The molecule has 0 fully saturated rings. The molecule has 0 saturated heterocycles. The van der Waals surface area contributed by atoms with Gasteiger partial charge in [0, 0.05) is 6.42 Å². The molecule has 70 valence electrons. The van der Waals surface area contributed by atoms with Crippen molar-refractivity contribution in [2.45, 2.75) is 26.7 Å². The second-order valence-corrected chi connectivity index (χ2v) is 3.65. The smallest absolute Gasteiger partial charge is 0.303 e. The Bertz CT molecular complexity index is 187. The van der Waals surface area contributed by atoms with E-state index in [1.807, 2.05) is 0 Å². The van der Waals surface area contributed by atoms with Crippen molar-refractivity contribution in [3.63, 3.8) is 0 Å². The maximum Gasteiger partial charge on any atom is 0.303 e. The highest BCUT2D eigenvalue weighted by Crippen LogP contribution is 2.24. The fourth-order valence-electron chi connectivity index (χ4n) is 1.08. The van der Waals surface area contributed by atoms with E-state index < -0.39 is 11.4 Å². The van der Waals surface area contributed by atoms with Crippen LogP contribution in [0.15, 0.2) is 0 Å². The molecule has 0 aromatic rings. The van der Waals surface area contributed by atoms with Crippen LogP contribution < -0.4 is 5.73 Å². The zero-order valence-electron chi connectivity index (χ0n) is 7.46. The molecule has 0 radical (unpaired) electrons. The fourth-order valence-corrected chi connectivity index (χ4v) is 1.08. The van der Waals surface area contributed by atoms with Crippen LogP contribution in [0.5, 0.6) is 0 Å². The number of hydrogen-bond acceptors (Lipinski definition) is 3. The molecule has 0 aromatic heterocycles. The third kappa shape index (κ3) is 4.85. The molecule has 0 rings (SSSR count). The molecule has 12 heavy (non-hydrogen) atoms. The summed E-state index contributed by atoms with van der Waals surface area (Å²) in [7, 11) is 0. The summed E-state index contributed by atoms with van der Waals surface area (Å²) in [4.78, 5) is 21.2. The Balaban J connectivity index is 4.03. The summed E-state index contributed by atoms with van der Waals surface area (Å²) in [5.74, 6) is -0.980. The Kier molecular flexibility index (Phi) is 3.89. The van der Waals surface area contributed by atoms with E-state index in [9.17, 15) is 9.59 Å². The third-order valence-electron chi connectivity index (χ3n) is 1.53. The number of Topliss-reactive ketones (excluding diaryl/α,β-unsaturated/α-hetero) is 1. The summed E-state index contributed by atoms with van der Waals surface area (Å²) in [5.41, 5.74) is 4.63. The minimum Gasteiger partial charge on any atom is -0.481 e. The maximum absolute atomic E-state index is 10.9. The van der Waals surface area contributed by atoms with Crippen molar-refractivity contribution in [2.24, 2.45) is 11.1 Å². The van der Waals surface area contributed by atoms with Gasteiger partial charge in [-0.25, -0.2) is 0 Å². The summed E-state index contributed by atoms with van der Waals surface area (Å²) in [5, 5.41) is 8.49. The molecule has 3 N–H and O–H groups in total. The predicted octanol–water partition coefficient (Wildman–Crippen LogP) is 0.405. The van der Waals surface area contributed by atoms with Gasteiger partial charge in [-0.1, -0.05) is 13.8 Å². The van der Waals surface area contributed by atoms with Crippen molar-refractivity contribution in [2.75, 3.05) is 6.54 Å². The third-order valence-corrected chi connectivity index (χ3v) is 1.53. The number of nitrogens with two attached hydrogens (primary N) is 1. The van der Waals surface area contributed by atoms with Gasteiger partial charge < -0.3 is 10.8 Å². The van der Waals surface area contributed by atoms with Crippen molar-refractivity contribution in [1.29, 1.82) is 0 Å². The Labute approximate surface area is 71.8 Å². The molecule has 0 aliphatic carbocycles. The standard InChI is InChI=1S/C8H15NO3/c1-8(2,4-7(11)12)3-6(10)5-9/h3-5,9H2,1-2H3,(H,11,12). The quantitative estimate of drug-likeness (QED) is 0.630. The van der Waals surface area contributed by atoms with Gasteiger partial charge in [-0.05, 0) is 5.41 Å². The van der Waals surface area contributed by atoms with E-state index in [1.165, 1.54) is 0 Å². The van der Waals surface area contributed by atoms with Crippen molar-refractivity contribution in [3.8, 4) is 0 Å². The van der Waals surface area contributed by atoms with E-state index in [1.54, 1.807) is 13.8 Å². The van der Waals surface area contributed by atoms with Crippen LogP contribution >= 0.6 is 0 Å². The van der Waals surface area contributed by atoms with Gasteiger partial charge >= 0.3 is 5.97 Å². The average molecular weight is 173 g/mol.